The highest BCUT2D eigenvalue weighted by atomic mass is 16.5. The smallest absolute Gasteiger partial charge is 0.161 e. The summed E-state index contributed by atoms with van der Waals surface area (Å²) in [5.74, 6) is 0.749. The number of rotatable bonds is 4. The Morgan fingerprint density at radius 1 is 1.32 bits per heavy atom. The summed E-state index contributed by atoms with van der Waals surface area (Å²) in [6, 6.07) is 6.34. The van der Waals surface area contributed by atoms with Gasteiger partial charge in [0, 0.05) is 7.05 Å². The van der Waals surface area contributed by atoms with Gasteiger partial charge in [-0.25, -0.2) is 0 Å². The number of hydrogen-bond acceptors (Lipinski definition) is 3. The third-order valence-electron chi connectivity index (χ3n) is 3.55. The fourth-order valence-corrected chi connectivity index (χ4v) is 2.29. The van der Waals surface area contributed by atoms with Gasteiger partial charge in [-0.05, 0) is 37.0 Å². The van der Waals surface area contributed by atoms with Crippen LogP contribution in [-0.2, 0) is 13.5 Å². The van der Waals surface area contributed by atoms with E-state index < -0.39 is 0 Å². The number of aryl methyl sites for hydroxylation is 3. The molecule has 0 amide bonds. The van der Waals surface area contributed by atoms with Crippen LogP contribution < -0.4 is 10.5 Å². The molecule has 0 aliphatic heterocycles. The summed E-state index contributed by atoms with van der Waals surface area (Å²) in [6.45, 7) is 4.23. The molecule has 102 valence electrons. The molecule has 4 nitrogen and oxygen atoms in total. The molecule has 0 aliphatic rings. The summed E-state index contributed by atoms with van der Waals surface area (Å²) >= 11 is 0. The first-order valence-electron chi connectivity index (χ1n) is 6.40. The number of hydrogen-bond donors (Lipinski definition) is 1. The van der Waals surface area contributed by atoms with E-state index in [1.165, 1.54) is 16.7 Å². The summed E-state index contributed by atoms with van der Waals surface area (Å²) < 4.78 is 7.09. The van der Waals surface area contributed by atoms with Crippen LogP contribution in [0.15, 0.2) is 24.4 Å². The molecule has 1 aromatic carbocycles. The van der Waals surface area contributed by atoms with Crippen LogP contribution in [0.25, 0.3) is 0 Å². The molecule has 1 heterocycles. The first kappa shape index (κ1) is 13.6. The highest BCUT2D eigenvalue weighted by Crippen LogP contribution is 2.25. The molecule has 1 atom stereocenters. The quantitative estimate of drug-likeness (QED) is 0.916. The first-order chi connectivity index (χ1) is 9.02. The average molecular weight is 259 g/mol. The van der Waals surface area contributed by atoms with Gasteiger partial charge in [0.05, 0.1) is 25.0 Å². The largest absolute Gasteiger partial charge is 0.493 e. The van der Waals surface area contributed by atoms with Crippen molar-refractivity contribution < 1.29 is 4.74 Å². The van der Waals surface area contributed by atoms with Crippen molar-refractivity contribution in [1.82, 2.24) is 9.78 Å². The predicted molar refractivity (Wildman–Crippen MR) is 76.3 cm³/mol. The van der Waals surface area contributed by atoms with Crippen molar-refractivity contribution in [2.24, 2.45) is 12.8 Å². The van der Waals surface area contributed by atoms with Crippen LogP contribution in [0.4, 0.5) is 0 Å². The number of aromatic nitrogens is 2. The van der Waals surface area contributed by atoms with Gasteiger partial charge in [-0.1, -0.05) is 18.2 Å². The zero-order chi connectivity index (χ0) is 14.0. The maximum absolute atomic E-state index is 6.30. The monoisotopic (exact) mass is 259 g/mol. The second-order valence-corrected chi connectivity index (χ2v) is 4.95. The molecule has 2 aromatic rings. The average Bonchev–Trinajstić information content (AvgIpc) is 2.75. The Hall–Kier alpha value is -1.81. The van der Waals surface area contributed by atoms with Gasteiger partial charge in [0.1, 0.15) is 0 Å². The molecule has 4 heteroatoms. The molecule has 0 aliphatic carbocycles. The van der Waals surface area contributed by atoms with Crippen LogP contribution in [0.3, 0.4) is 0 Å². The Morgan fingerprint density at radius 2 is 2.05 bits per heavy atom. The Morgan fingerprint density at radius 3 is 2.68 bits per heavy atom. The lowest BCUT2D eigenvalue weighted by Crippen LogP contribution is -2.18. The molecule has 0 radical (unpaired) electrons. The highest BCUT2D eigenvalue weighted by Gasteiger charge is 2.17. The summed E-state index contributed by atoms with van der Waals surface area (Å²) in [7, 11) is 3.53. The van der Waals surface area contributed by atoms with E-state index in [1.54, 1.807) is 18.0 Å². The summed E-state index contributed by atoms with van der Waals surface area (Å²) in [4.78, 5) is 0. The molecule has 1 aromatic heterocycles. The van der Waals surface area contributed by atoms with Gasteiger partial charge in [0.25, 0.3) is 0 Å². The standard InChI is InChI=1S/C15H21N3O/c1-10-5-6-12(7-11(10)2)8-13(16)15-14(19-4)9-17-18(15)3/h5-7,9,13H,8,16H2,1-4H3. The van der Waals surface area contributed by atoms with Crippen molar-refractivity contribution in [3.05, 3.63) is 46.8 Å². The minimum atomic E-state index is -0.121. The van der Waals surface area contributed by atoms with Gasteiger partial charge < -0.3 is 10.5 Å². The normalized spacial score (nSPS) is 12.5. The van der Waals surface area contributed by atoms with Gasteiger partial charge in [-0.3, -0.25) is 4.68 Å². The molecule has 1 unspecified atom stereocenters. The Bertz CT molecular complexity index is 575. The molecular weight excluding hydrogens is 238 g/mol. The summed E-state index contributed by atoms with van der Waals surface area (Å²) in [5.41, 5.74) is 11.1. The number of benzene rings is 1. The molecule has 0 spiro atoms. The lowest BCUT2D eigenvalue weighted by atomic mass is 9.99. The molecule has 0 saturated carbocycles. The molecule has 19 heavy (non-hydrogen) atoms. The van der Waals surface area contributed by atoms with E-state index >= 15 is 0 Å². The zero-order valence-corrected chi connectivity index (χ0v) is 12.0. The third-order valence-corrected chi connectivity index (χ3v) is 3.55. The van der Waals surface area contributed by atoms with E-state index in [9.17, 15) is 0 Å². The van der Waals surface area contributed by atoms with E-state index in [-0.39, 0.29) is 6.04 Å². The van der Waals surface area contributed by atoms with Crippen LogP contribution in [0.2, 0.25) is 0 Å². The number of nitrogens with two attached hydrogens (primary N) is 1. The van der Waals surface area contributed by atoms with Gasteiger partial charge in [0.2, 0.25) is 0 Å². The maximum atomic E-state index is 6.30. The van der Waals surface area contributed by atoms with Crippen molar-refractivity contribution >= 4 is 0 Å². The van der Waals surface area contributed by atoms with Gasteiger partial charge in [-0.15, -0.1) is 0 Å². The lowest BCUT2D eigenvalue weighted by Gasteiger charge is -2.15. The molecular formula is C15H21N3O. The second kappa shape index (κ2) is 5.45. The minimum Gasteiger partial charge on any atom is -0.493 e. The fourth-order valence-electron chi connectivity index (χ4n) is 2.29. The van der Waals surface area contributed by atoms with E-state index in [4.69, 9.17) is 10.5 Å². The van der Waals surface area contributed by atoms with Gasteiger partial charge in [-0.2, -0.15) is 5.10 Å². The fraction of sp³-hybridized carbons (Fsp3) is 0.400. The van der Waals surface area contributed by atoms with Gasteiger partial charge >= 0.3 is 0 Å². The summed E-state index contributed by atoms with van der Waals surface area (Å²) in [5, 5.41) is 4.19. The SMILES string of the molecule is COc1cnn(C)c1C(N)Cc1ccc(C)c(C)c1. The lowest BCUT2D eigenvalue weighted by molar-refractivity contribution is 0.402. The number of methoxy groups -OCH3 is 1. The van der Waals surface area contributed by atoms with Crippen molar-refractivity contribution in [1.29, 1.82) is 0 Å². The Labute approximate surface area is 114 Å². The van der Waals surface area contributed by atoms with E-state index in [1.807, 2.05) is 7.05 Å². The Kier molecular flexibility index (Phi) is 3.90. The molecule has 2 N–H and O–H groups in total. The van der Waals surface area contributed by atoms with Crippen LogP contribution in [0.1, 0.15) is 28.4 Å². The van der Waals surface area contributed by atoms with Crippen molar-refractivity contribution in [3.63, 3.8) is 0 Å². The van der Waals surface area contributed by atoms with Crippen LogP contribution >= 0.6 is 0 Å². The molecule has 2 rings (SSSR count). The number of nitrogens with zero attached hydrogens (tertiary/aromatic N) is 2. The minimum absolute atomic E-state index is 0.121. The Balaban J connectivity index is 2.22. The van der Waals surface area contributed by atoms with Crippen molar-refractivity contribution in [2.45, 2.75) is 26.3 Å². The summed E-state index contributed by atoms with van der Waals surface area (Å²) in [6.07, 6.45) is 2.48. The topological polar surface area (TPSA) is 53.1 Å². The second-order valence-electron chi connectivity index (χ2n) is 4.95. The first-order valence-corrected chi connectivity index (χ1v) is 6.40. The maximum Gasteiger partial charge on any atom is 0.161 e. The van der Waals surface area contributed by atoms with E-state index in [0.29, 0.717) is 0 Å². The molecule has 0 saturated heterocycles. The zero-order valence-electron chi connectivity index (χ0n) is 12.0. The predicted octanol–water partition coefficient (Wildman–Crippen LogP) is 2.29. The van der Waals surface area contributed by atoms with E-state index in [0.717, 1.165) is 17.9 Å². The molecule has 0 bridgehead atoms. The third kappa shape index (κ3) is 2.79. The van der Waals surface area contributed by atoms with Crippen molar-refractivity contribution in [2.75, 3.05) is 7.11 Å². The van der Waals surface area contributed by atoms with Crippen LogP contribution in [-0.4, -0.2) is 16.9 Å². The van der Waals surface area contributed by atoms with Crippen LogP contribution in [0, 0.1) is 13.8 Å². The molecule has 0 fully saturated rings. The van der Waals surface area contributed by atoms with Gasteiger partial charge in [0.15, 0.2) is 5.75 Å². The van der Waals surface area contributed by atoms with Crippen LogP contribution in [0.5, 0.6) is 5.75 Å². The van der Waals surface area contributed by atoms with Crippen molar-refractivity contribution in [3.8, 4) is 5.75 Å². The number of ether oxygens (including phenoxy) is 1. The highest BCUT2D eigenvalue weighted by molar-refractivity contribution is 5.33. The van der Waals surface area contributed by atoms with E-state index in [2.05, 4.69) is 37.1 Å².